The van der Waals surface area contributed by atoms with Gasteiger partial charge in [0.25, 0.3) is 10.0 Å². The van der Waals surface area contributed by atoms with Crippen molar-refractivity contribution in [1.29, 1.82) is 0 Å². The third-order valence-electron chi connectivity index (χ3n) is 4.91. The molecule has 1 aromatic heterocycles. The van der Waals surface area contributed by atoms with Gasteiger partial charge in [-0.05, 0) is 47.2 Å². The summed E-state index contributed by atoms with van der Waals surface area (Å²) in [6.45, 7) is 2.00. The maximum Gasteiger partial charge on any atom is 0.270 e. The van der Waals surface area contributed by atoms with Gasteiger partial charge < -0.3 is 5.32 Å². The number of hydrogen-bond donors (Lipinski definition) is 1. The lowest BCUT2D eigenvalue weighted by atomic mass is 10.1. The number of fused-ring (bicyclic) bond motifs is 1. The fourth-order valence-corrected chi connectivity index (χ4v) is 5.81. The first-order valence-corrected chi connectivity index (χ1v) is 11.7. The number of para-hydroxylation sites is 1. The van der Waals surface area contributed by atoms with Gasteiger partial charge in [0.05, 0.1) is 12.2 Å². The lowest BCUT2D eigenvalue weighted by Gasteiger charge is -2.29. The third-order valence-corrected chi connectivity index (χ3v) is 7.58. The molecular weight excluding hydrogens is 423 g/mol. The Morgan fingerprint density at radius 3 is 2.57 bits per heavy atom. The van der Waals surface area contributed by atoms with Gasteiger partial charge in [0, 0.05) is 11.9 Å². The third kappa shape index (κ3) is 3.64. The highest BCUT2D eigenvalue weighted by Crippen LogP contribution is 2.39. The van der Waals surface area contributed by atoms with Crippen molar-refractivity contribution in [3.63, 3.8) is 0 Å². The van der Waals surface area contributed by atoms with Crippen LogP contribution < -0.4 is 9.62 Å². The standard InChI is InChI=1S/C22H19FN2O3S2/c1-2-16-5-3-4-6-18(16)24-13-20-21(26)22-19(11-12-29-22)25(30(20,27)28)14-15-7-9-17(23)10-8-15/h3-13,24H,2,14H2,1H3/b20-13-. The van der Waals surface area contributed by atoms with Crippen LogP contribution in [-0.2, 0) is 23.0 Å². The van der Waals surface area contributed by atoms with Crippen molar-refractivity contribution < 1.29 is 17.6 Å². The summed E-state index contributed by atoms with van der Waals surface area (Å²) < 4.78 is 41.2. The molecule has 154 valence electrons. The number of carbonyl (C=O) groups excluding carboxylic acids is 1. The number of aryl methyl sites for hydroxylation is 1. The summed E-state index contributed by atoms with van der Waals surface area (Å²) >= 11 is 1.20. The zero-order valence-corrected chi connectivity index (χ0v) is 17.8. The molecule has 0 aliphatic carbocycles. The minimum absolute atomic E-state index is 0.00249. The van der Waals surface area contributed by atoms with E-state index in [2.05, 4.69) is 5.32 Å². The molecule has 5 nitrogen and oxygen atoms in total. The van der Waals surface area contributed by atoms with Crippen LogP contribution in [0.25, 0.3) is 0 Å². The quantitative estimate of drug-likeness (QED) is 0.569. The van der Waals surface area contributed by atoms with Gasteiger partial charge in [0.15, 0.2) is 4.91 Å². The Hall–Kier alpha value is -2.97. The molecule has 1 aliphatic heterocycles. The monoisotopic (exact) mass is 442 g/mol. The molecular formula is C22H19FN2O3S2. The van der Waals surface area contributed by atoms with E-state index < -0.39 is 21.6 Å². The van der Waals surface area contributed by atoms with Crippen LogP contribution in [0.2, 0.25) is 0 Å². The predicted octanol–water partition coefficient (Wildman–Crippen LogP) is 4.94. The van der Waals surface area contributed by atoms with Gasteiger partial charge in [0.2, 0.25) is 5.78 Å². The number of sulfonamides is 1. The molecule has 0 atom stereocenters. The largest absolute Gasteiger partial charge is 0.360 e. The van der Waals surface area contributed by atoms with E-state index in [0.717, 1.165) is 17.7 Å². The molecule has 2 heterocycles. The second-order valence-electron chi connectivity index (χ2n) is 6.77. The molecule has 0 unspecified atom stereocenters. The summed E-state index contributed by atoms with van der Waals surface area (Å²) in [5.41, 5.74) is 2.73. The van der Waals surface area contributed by atoms with Crippen molar-refractivity contribution in [2.24, 2.45) is 0 Å². The van der Waals surface area contributed by atoms with E-state index in [9.17, 15) is 17.6 Å². The van der Waals surface area contributed by atoms with Crippen molar-refractivity contribution in [3.05, 3.63) is 92.9 Å². The second kappa shape index (κ2) is 8.04. The van der Waals surface area contributed by atoms with Gasteiger partial charge in [-0.15, -0.1) is 11.3 Å². The summed E-state index contributed by atoms with van der Waals surface area (Å²) in [4.78, 5) is 13.0. The van der Waals surface area contributed by atoms with Gasteiger partial charge in [0.1, 0.15) is 10.7 Å². The molecule has 1 aliphatic rings. The molecule has 4 rings (SSSR count). The lowest BCUT2D eigenvalue weighted by Crippen LogP contribution is -2.38. The molecule has 0 fully saturated rings. The molecule has 30 heavy (non-hydrogen) atoms. The summed E-state index contributed by atoms with van der Waals surface area (Å²) in [5.74, 6) is -0.928. The molecule has 0 spiro atoms. The number of anilines is 2. The van der Waals surface area contributed by atoms with Gasteiger partial charge in [-0.1, -0.05) is 37.3 Å². The fourth-order valence-electron chi connectivity index (χ4n) is 3.32. The highest BCUT2D eigenvalue weighted by Gasteiger charge is 2.41. The Labute approximate surface area is 178 Å². The Balaban J connectivity index is 1.75. The first kappa shape index (κ1) is 20.3. The molecule has 0 radical (unpaired) electrons. The van der Waals surface area contributed by atoms with Crippen molar-refractivity contribution in [1.82, 2.24) is 0 Å². The van der Waals surface area contributed by atoms with E-state index >= 15 is 0 Å². The highest BCUT2D eigenvalue weighted by molar-refractivity contribution is 7.97. The van der Waals surface area contributed by atoms with E-state index in [1.807, 2.05) is 31.2 Å². The van der Waals surface area contributed by atoms with Crippen LogP contribution in [-0.4, -0.2) is 14.2 Å². The number of halogens is 1. The average molecular weight is 443 g/mol. The predicted molar refractivity (Wildman–Crippen MR) is 118 cm³/mol. The lowest BCUT2D eigenvalue weighted by molar-refractivity contribution is 0.104. The van der Waals surface area contributed by atoms with Crippen LogP contribution >= 0.6 is 11.3 Å². The maximum atomic E-state index is 13.4. The van der Waals surface area contributed by atoms with E-state index in [-0.39, 0.29) is 11.4 Å². The number of nitrogens with zero attached hydrogens (tertiary/aromatic N) is 1. The zero-order valence-electron chi connectivity index (χ0n) is 16.1. The first-order chi connectivity index (χ1) is 14.4. The first-order valence-electron chi connectivity index (χ1n) is 9.36. The molecule has 2 aromatic carbocycles. The number of carbonyl (C=O) groups is 1. The van der Waals surface area contributed by atoms with Crippen LogP contribution in [0.1, 0.15) is 27.7 Å². The van der Waals surface area contributed by atoms with Crippen molar-refractivity contribution >= 4 is 38.5 Å². The van der Waals surface area contributed by atoms with Crippen molar-refractivity contribution in [2.45, 2.75) is 19.9 Å². The van der Waals surface area contributed by atoms with Crippen LogP contribution in [0.4, 0.5) is 15.8 Å². The number of hydrogen-bond acceptors (Lipinski definition) is 5. The number of allylic oxidation sites excluding steroid dienone is 1. The minimum atomic E-state index is -4.10. The van der Waals surface area contributed by atoms with Gasteiger partial charge >= 0.3 is 0 Å². The molecule has 0 bridgehead atoms. The second-order valence-corrected chi connectivity index (χ2v) is 9.51. The molecule has 3 aromatic rings. The maximum absolute atomic E-state index is 13.4. The van der Waals surface area contributed by atoms with E-state index in [1.54, 1.807) is 11.4 Å². The topological polar surface area (TPSA) is 66.5 Å². The fraction of sp³-hybridized carbons (Fsp3) is 0.136. The number of ketones is 1. The van der Waals surface area contributed by atoms with E-state index in [0.29, 0.717) is 16.1 Å². The van der Waals surface area contributed by atoms with Gasteiger partial charge in [-0.25, -0.2) is 12.8 Å². The summed E-state index contributed by atoms with van der Waals surface area (Å²) in [6.07, 6.45) is 2.03. The van der Waals surface area contributed by atoms with Crippen LogP contribution in [0, 0.1) is 5.82 Å². The van der Waals surface area contributed by atoms with Crippen LogP contribution in [0.15, 0.2) is 71.1 Å². The smallest absolute Gasteiger partial charge is 0.270 e. The number of Topliss-reactive ketones (excluding diaryl/α,β-unsaturated/α-hetero) is 1. The van der Waals surface area contributed by atoms with Crippen LogP contribution in [0.3, 0.4) is 0 Å². The number of thiophene rings is 1. The number of nitrogens with one attached hydrogen (secondary N) is 1. The zero-order chi connectivity index (χ0) is 21.3. The van der Waals surface area contributed by atoms with E-state index in [4.69, 9.17) is 0 Å². The Bertz CT molecular complexity index is 1230. The summed E-state index contributed by atoms with van der Waals surface area (Å²) in [7, 11) is -4.10. The van der Waals surface area contributed by atoms with E-state index in [1.165, 1.54) is 46.1 Å². The minimum Gasteiger partial charge on any atom is -0.360 e. The summed E-state index contributed by atoms with van der Waals surface area (Å²) in [5, 5.41) is 4.69. The summed E-state index contributed by atoms with van der Waals surface area (Å²) in [6, 6.07) is 14.8. The Morgan fingerprint density at radius 1 is 1.10 bits per heavy atom. The Morgan fingerprint density at radius 2 is 1.83 bits per heavy atom. The molecule has 0 saturated carbocycles. The number of benzene rings is 2. The molecule has 1 N–H and O–H groups in total. The number of rotatable bonds is 5. The van der Waals surface area contributed by atoms with Crippen LogP contribution in [0.5, 0.6) is 0 Å². The Kier molecular flexibility index (Phi) is 5.44. The molecule has 8 heteroatoms. The molecule has 0 amide bonds. The van der Waals surface area contributed by atoms with Gasteiger partial charge in [-0.3, -0.25) is 9.10 Å². The average Bonchev–Trinajstić information content (AvgIpc) is 3.22. The molecule has 0 saturated heterocycles. The van der Waals surface area contributed by atoms with Gasteiger partial charge in [-0.2, -0.15) is 0 Å². The van der Waals surface area contributed by atoms with Crippen molar-refractivity contribution in [3.8, 4) is 0 Å². The van der Waals surface area contributed by atoms with Crippen molar-refractivity contribution in [2.75, 3.05) is 9.62 Å². The SMILES string of the molecule is CCc1ccccc1N/C=C1/C(=O)c2sccc2N(Cc2ccc(F)cc2)S1(=O)=O. The normalized spacial score (nSPS) is 16.5. The highest BCUT2D eigenvalue weighted by atomic mass is 32.2.